The van der Waals surface area contributed by atoms with Gasteiger partial charge in [-0.1, -0.05) is 6.07 Å². The van der Waals surface area contributed by atoms with Crippen molar-refractivity contribution in [3.05, 3.63) is 66.4 Å². The van der Waals surface area contributed by atoms with Gasteiger partial charge in [-0.15, -0.1) is 0 Å². The van der Waals surface area contributed by atoms with E-state index in [4.69, 9.17) is 4.42 Å². The van der Waals surface area contributed by atoms with Crippen molar-refractivity contribution < 1.29 is 18.0 Å². The molecule has 0 aliphatic rings. The predicted octanol–water partition coefficient (Wildman–Crippen LogP) is 2.78. The summed E-state index contributed by atoms with van der Waals surface area (Å²) < 4.78 is 33.0. The number of rotatable bonds is 6. The molecule has 7 heteroatoms. The van der Waals surface area contributed by atoms with Gasteiger partial charge in [0, 0.05) is 29.9 Å². The minimum absolute atomic E-state index is 0.133. The first-order chi connectivity index (χ1) is 11.6. The number of aromatic nitrogens is 2. The van der Waals surface area contributed by atoms with Gasteiger partial charge < -0.3 is 9.73 Å². The van der Waals surface area contributed by atoms with Gasteiger partial charge in [0.25, 0.3) is 0 Å². The summed E-state index contributed by atoms with van der Waals surface area (Å²) in [6, 6.07) is 5.01. The fourth-order valence-electron chi connectivity index (χ4n) is 2.27. The smallest absolute Gasteiger partial charge is 0.224 e. The average Bonchev–Trinajstić information content (AvgIpc) is 3.21. The van der Waals surface area contributed by atoms with Crippen LogP contribution in [-0.4, -0.2) is 22.2 Å². The van der Waals surface area contributed by atoms with Crippen LogP contribution in [-0.2, 0) is 17.8 Å². The van der Waals surface area contributed by atoms with Gasteiger partial charge in [-0.25, -0.2) is 8.78 Å². The lowest BCUT2D eigenvalue weighted by Gasteiger charge is -2.06. The van der Waals surface area contributed by atoms with Crippen LogP contribution in [0.3, 0.4) is 0 Å². The molecule has 1 amide bonds. The maximum absolute atomic E-state index is 13.5. The highest BCUT2D eigenvalue weighted by atomic mass is 19.1. The number of nitrogens with zero attached hydrogens (tertiary/aromatic N) is 2. The lowest BCUT2D eigenvalue weighted by Crippen LogP contribution is -2.29. The zero-order valence-corrected chi connectivity index (χ0v) is 12.7. The van der Waals surface area contributed by atoms with Crippen molar-refractivity contribution in [3.8, 4) is 11.1 Å². The van der Waals surface area contributed by atoms with Crippen LogP contribution < -0.4 is 5.32 Å². The van der Waals surface area contributed by atoms with Crippen molar-refractivity contribution in [1.29, 1.82) is 0 Å². The van der Waals surface area contributed by atoms with Crippen molar-refractivity contribution in [2.75, 3.05) is 6.54 Å². The van der Waals surface area contributed by atoms with E-state index in [0.29, 0.717) is 13.1 Å². The first-order valence-electron chi connectivity index (χ1n) is 7.37. The van der Waals surface area contributed by atoms with Gasteiger partial charge in [-0.05, 0) is 17.7 Å². The summed E-state index contributed by atoms with van der Waals surface area (Å²) >= 11 is 0. The molecule has 0 bridgehead atoms. The monoisotopic (exact) mass is 331 g/mol. The Bertz CT molecular complexity index is 828. The lowest BCUT2D eigenvalue weighted by molar-refractivity contribution is -0.120. The van der Waals surface area contributed by atoms with E-state index in [0.717, 1.165) is 23.3 Å². The first-order valence-corrected chi connectivity index (χ1v) is 7.37. The summed E-state index contributed by atoms with van der Waals surface area (Å²) in [7, 11) is 0. The Hall–Kier alpha value is -2.96. The molecule has 24 heavy (non-hydrogen) atoms. The van der Waals surface area contributed by atoms with E-state index in [-0.39, 0.29) is 17.9 Å². The van der Waals surface area contributed by atoms with E-state index in [2.05, 4.69) is 10.4 Å². The average molecular weight is 331 g/mol. The van der Waals surface area contributed by atoms with E-state index in [9.17, 15) is 13.6 Å². The number of halogens is 2. The molecule has 1 N–H and O–H groups in total. The molecule has 0 atom stereocenters. The van der Waals surface area contributed by atoms with E-state index < -0.39 is 11.6 Å². The molecule has 2 aromatic heterocycles. The van der Waals surface area contributed by atoms with E-state index in [1.165, 1.54) is 6.07 Å². The third-order valence-corrected chi connectivity index (χ3v) is 3.52. The molecule has 124 valence electrons. The summed E-state index contributed by atoms with van der Waals surface area (Å²) in [6.07, 6.45) is 6.63. The normalized spacial score (nSPS) is 10.8. The van der Waals surface area contributed by atoms with E-state index in [1.807, 2.05) is 12.3 Å². The maximum Gasteiger partial charge on any atom is 0.224 e. The molecule has 0 fully saturated rings. The highest BCUT2D eigenvalue weighted by Gasteiger charge is 2.09. The number of hydrogen-bond donors (Lipinski definition) is 1. The van der Waals surface area contributed by atoms with Crippen LogP contribution in [0.25, 0.3) is 11.1 Å². The van der Waals surface area contributed by atoms with Gasteiger partial charge in [-0.2, -0.15) is 5.10 Å². The van der Waals surface area contributed by atoms with Crippen LogP contribution in [0, 0.1) is 11.6 Å². The highest BCUT2D eigenvalue weighted by molar-refractivity contribution is 5.78. The van der Waals surface area contributed by atoms with E-state index >= 15 is 0 Å². The molecule has 0 saturated carbocycles. The van der Waals surface area contributed by atoms with Crippen molar-refractivity contribution in [2.24, 2.45) is 0 Å². The molecule has 0 radical (unpaired) electrons. The Morgan fingerprint density at radius 3 is 2.88 bits per heavy atom. The number of carbonyl (C=O) groups excluding carboxylic acids is 1. The second-order valence-corrected chi connectivity index (χ2v) is 5.27. The molecular formula is C17H15F2N3O2. The van der Waals surface area contributed by atoms with Gasteiger partial charge >= 0.3 is 0 Å². The van der Waals surface area contributed by atoms with Gasteiger partial charge in [0.1, 0.15) is 11.6 Å². The fourth-order valence-corrected chi connectivity index (χ4v) is 2.27. The summed E-state index contributed by atoms with van der Waals surface area (Å²) in [5.74, 6) is -1.71. The van der Waals surface area contributed by atoms with Crippen LogP contribution in [0.4, 0.5) is 8.78 Å². The Labute approximate surface area is 136 Å². The molecule has 0 aliphatic heterocycles. The lowest BCUT2D eigenvalue weighted by atomic mass is 10.1. The van der Waals surface area contributed by atoms with Crippen LogP contribution in [0.2, 0.25) is 0 Å². The van der Waals surface area contributed by atoms with Gasteiger partial charge in [0.15, 0.2) is 0 Å². The van der Waals surface area contributed by atoms with Crippen molar-refractivity contribution in [1.82, 2.24) is 15.1 Å². The molecule has 0 spiro atoms. The van der Waals surface area contributed by atoms with Gasteiger partial charge in [0.05, 0.1) is 31.7 Å². The van der Waals surface area contributed by atoms with Crippen LogP contribution in [0.1, 0.15) is 5.56 Å². The quantitative estimate of drug-likeness (QED) is 0.755. The number of amides is 1. The minimum atomic E-state index is -0.720. The van der Waals surface area contributed by atoms with Crippen molar-refractivity contribution in [3.63, 3.8) is 0 Å². The van der Waals surface area contributed by atoms with Crippen LogP contribution in [0.15, 0.2) is 53.6 Å². The SMILES string of the molecule is O=C(Cc1ccc(F)cc1F)NCCn1cc(-c2ccoc2)cn1. The summed E-state index contributed by atoms with van der Waals surface area (Å²) in [5.41, 5.74) is 2.01. The second kappa shape index (κ2) is 7.08. The Balaban J connectivity index is 1.48. The largest absolute Gasteiger partial charge is 0.472 e. The maximum atomic E-state index is 13.5. The first kappa shape index (κ1) is 15.9. The molecule has 3 aromatic rings. The number of nitrogens with one attached hydrogen (secondary N) is 1. The fraction of sp³-hybridized carbons (Fsp3) is 0.176. The number of benzene rings is 1. The standard InChI is InChI=1S/C17H15F2N3O2/c18-15-2-1-12(16(19)8-15)7-17(23)20-4-5-22-10-14(9-21-22)13-3-6-24-11-13/h1-3,6,8-11H,4-5,7H2,(H,20,23). The van der Waals surface area contributed by atoms with Crippen LogP contribution >= 0.6 is 0 Å². The Morgan fingerprint density at radius 2 is 2.12 bits per heavy atom. The molecule has 0 unspecified atom stereocenters. The summed E-state index contributed by atoms with van der Waals surface area (Å²) in [5, 5.41) is 6.89. The topological polar surface area (TPSA) is 60.1 Å². The molecule has 1 aromatic carbocycles. The molecular weight excluding hydrogens is 316 g/mol. The zero-order chi connectivity index (χ0) is 16.9. The van der Waals surface area contributed by atoms with Gasteiger partial charge in [0.2, 0.25) is 5.91 Å². The van der Waals surface area contributed by atoms with Crippen molar-refractivity contribution >= 4 is 5.91 Å². The Morgan fingerprint density at radius 1 is 1.25 bits per heavy atom. The third-order valence-electron chi connectivity index (χ3n) is 3.52. The molecule has 3 rings (SSSR count). The third kappa shape index (κ3) is 3.87. The second-order valence-electron chi connectivity index (χ2n) is 5.27. The summed E-state index contributed by atoms with van der Waals surface area (Å²) in [6.45, 7) is 0.837. The number of furan rings is 1. The van der Waals surface area contributed by atoms with Gasteiger partial charge in [-0.3, -0.25) is 9.48 Å². The summed E-state index contributed by atoms with van der Waals surface area (Å²) in [4.78, 5) is 11.8. The molecule has 2 heterocycles. The highest BCUT2D eigenvalue weighted by Crippen LogP contribution is 2.18. The van der Waals surface area contributed by atoms with Crippen molar-refractivity contribution in [2.45, 2.75) is 13.0 Å². The van der Waals surface area contributed by atoms with E-state index in [1.54, 1.807) is 23.4 Å². The molecule has 0 saturated heterocycles. The number of carbonyl (C=O) groups is 1. The predicted molar refractivity (Wildman–Crippen MR) is 83.0 cm³/mol. The molecule has 0 aliphatic carbocycles. The Kier molecular flexibility index (Phi) is 4.69. The minimum Gasteiger partial charge on any atom is -0.472 e. The number of hydrogen-bond acceptors (Lipinski definition) is 3. The zero-order valence-electron chi connectivity index (χ0n) is 12.7. The molecule has 5 nitrogen and oxygen atoms in total. The van der Waals surface area contributed by atoms with Crippen LogP contribution in [0.5, 0.6) is 0 Å².